The Labute approximate surface area is 135 Å². The maximum Gasteiger partial charge on any atom is 0.220 e. The summed E-state index contributed by atoms with van der Waals surface area (Å²) in [5.41, 5.74) is 0.286. The zero-order valence-electron chi connectivity index (χ0n) is 14.2. The van der Waals surface area contributed by atoms with E-state index in [1.807, 2.05) is 7.05 Å². The van der Waals surface area contributed by atoms with Crippen molar-refractivity contribution in [3.05, 3.63) is 0 Å². The molecule has 0 radical (unpaired) electrons. The molecule has 1 aliphatic heterocycles. The van der Waals surface area contributed by atoms with Crippen LogP contribution < -0.4 is 10.6 Å². The average Bonchev–Trinajstić information content (AvgIpc) is 2.55. The van der Waals surface area contributed by atoms with Gasteiger partial charge in [-0.05, 0) is 32.9 Å². The molecule has 1 heterocycles. The fourth-order valence-corrected chi connectivity index (χ4v) is 3.73. The van der Waals surface area contributed by atoms with Crippen LogP contribution in [0, 0.1) is 5.41 Å². The molecule has 0 unspecified atom stereocenters. The fraction of sp³-hybridized carbons (Fsp3) is 0.941. The third-order valence-corrected chi connectivity index (χ3v) is 5.07. The molecule has 1 saturated carbocycles. The van der Waals surface area contributed by atoms with E-state index < -0.39 is 0 Å². The van der Waals surface area contributed by atoms with Gasteiger partial charge in [0, 0.05) is 38.0 Å². The normalized spacial score (nSPS) is 22.4. The molecule has 1 aliphatic carbocycles. The van der Waals surface area contributed by atoms with Crippen LogP contribution >= 0.6 is 0 Å². The molecular formula is C17H33N3O2. The summed E-state index contributed by atoms with van der Waals surface area (Å²) in [6, 6.07) is 0. The van der Waals surface area contributed by atoms with Crippen molar-refractivity contribution in [3.63, 3.8) is 0 Å². The minimum Gasteiger partial charge on any atom is -0.379 e. The van der Waals surface area contributed by atoms with Crippen LogP contribution in [0.2, 0.25) is 0 Å². The van der Waals surface area contributed by atoms with Crippen molar-refractivity contribution >= 4 is 5.91 Å². The molecule has 0 atom stereocenters. The van der Waals surface area contributed by atoms with Gasteiger partial charge in [0.25, 0.3) is 0 Å². The first-order valence-electron chi connectivity index (χ1n) is 8.96. The van der Waals surface area contributed by atoms with E-state index in [1.165, 1.54) is 32.1 Å². The van der Waals surface area contributed by atoms with Crippen molar-refractivity contribution in [2.45, 2.75) is 44.9 Å². The molecule has 2 aliphatic rings. The standard InChI is InChI=1S/C17H33N3O2/c1-18-9-5-6-16(21)19-14-17(7-3-2-4-8-17)15-20-10-12-22-13-11-20/h18H,2-15H2,1H3,(H,19,21). The predicted octanol–water partition coefficient (Wildman–Crippen LogP) is 1.38. The number of hydrogen-bond donors (Lipinski definition) is 2. The van der Waals surface area contributed by atoms with E-state index in [0.29, 0.717) is 6.42 Å². The second-order valence-corrected chi connectivity index (χ2v) is 6.93. The second kappa shape index (κ2) is 9.48. The molecule has 5 nitrogen and oxygen atoms in total. The summed E-state index contributed by atoms with van der Waals surface area (Å²) in [4.78, 5) is 14.6. The van der Waals surface area contributed by atoms with Crippen molar-refractivity contribution in [2.24, 2.45) is 5.41 Å². The lowest BCUT2D eigenvalue weighted by Gasteiger charge is -2.42. The number of nitrogens with one attached hydrogen (secondary N) is 2. The van der Waals surface area contributed by atoms with Gasteiger partial charge in [-0.25, -0.2) is 0 Å². The van der Waals surface area contributed by atoms with E-state index >= 15 is 0 Å². The van der Waals surface area contributed by atoms with E-state index in [9.17, 15) is 4.79 Å². The minimum atomic E-state index is 0.210. The number of nitrogens with zero attached hydrogens (tertiary/aromatic N) is 1. The summed E-state index contributed by atoms with van der Waals surface area (Å²) in [5.74, 6) is 0.210. The topological polar surface area (TPSA) is 53.6 Å². The monoisotopic (exact) mass is 311 g/mol. The van der Waals surface area contributed by atoms with E-state index in [1.54, 1.807) is 0 Å². The summed E-state index contributed by atoms with van der Waals surface area (Å²) in [6.07, 6.45) is 8.01. The molecule has 1 amide bonds. The number of rotatable bonds is 8. The van der Waals surface area contributed by atoms with Crippen LogP contribution in [0.1, 0.15) is 44.9 Å². The van der Waals surface area contributed by atoms with Gasteiger partial charge in [0.1, 0.15) is 0 Å². The van der Waals surface area contributed by atoms with Crippen molar-refractivity contribution < 1.29 is 9.53 Å². The molecule has 0 bridgehead atoms. The Morgan fingerprint density at radius 3 is 2.59 bits per heavy atom. The van der Waals surface area contributed by atoms with Crippen molar-refractivity contribution in [1.82, 2.24) is 15.5 Å². The van der Waals surface area contributed by atoms with Gasteiger partial charge in [-0.2, -0.15) is 0 Å². The molecule has 0 aromatic heterocycles. The molecule has 5 heteroatoms. The summed E-state index contributed by atoms with van der Waals surface area (Å²) in [5, 5.41) is 6.31. The van der Waals surface area contributed by atoms with Crippen molar-refractivity contribution in [1.29, 1.82) is 0 Å². The number of morpholine rings is 1. The van der Waals surface area contributed by atoms with Crippen LogP contribution in [-0.2, 0) is 9.53 Å². The van der Waals surface area contributed by atoms with E-state index in [4.69, 9.17) is 4.74 Å². The van der Waals surface area contributed by atoms with Gasteiger partial charge in [-0.15, -0.1) is 0 Å². The summed E-state index contributed by atoms with van der Waals surface area (Å²) < 4.78 is 5.46. The quantitative estimate of drug-likeness (QED) is 0.665. The largest absolute Gasteiger partial charge is 0.379 e. The highest BCUT2D eigenvalue weighted by Gasteiger charge is 2.34. The Morgan fingerprint density at radius 1 is 1.18 bits per heavy atom. The Morgan fingerprint density at radius 2 is 1.91 bits per heavy atom. The van der Waals surface area contributed by atoms with E-state index in [-0.39, 0.29) is 11.3 Å². The average molecular weight is 311 g/mol. The third-order valence-electron chi connectivity index (χ3n) is 5.07. The molecule has 2 rings (SSSR count). The molecule has 0 spiro atoms. The van der Waals surface area contributed by atoms with Crippen LogP contribution in [0.15, 0.2) is 0 Å². The molecule has 2 fully saturated rings. The highest BCUT2D eigenvalue weighted by Crippen LogP contribution is 2.36. The van der Waals surface area contributed by atoms with Crippen LogP contribution in [0.3, 0.4) is 0 Å². The molecular weight excluding hydrogens is 278 g/mol. The van der Waals surface area contributed by atoms with Gasteiger partial charge in [0.2, 0.25) is 5.91 Å². The summed E-state index contributed by atoms with van der Waals surface area (Å²) in [7, 11) is 1.93. The van der Waals surface area contributed by atoms with Gasteiger partial charge in [0.05, 0.1) is 13.2 Å². The Hall–Kier alpha value is -0.650. The lowest BCUT2D eigenvalue weighted by atomic mass is 9.73. The number of carbonyl (C=O) groups is 1. The van der Waals surface area contributed by atoms with Gasteiger partial charge < -0.3 is 15.4 Å². The van der Waals surface area contributed by atoms with E-state index in [0.717, 1.165) is 52.4 Å². The number of carbonyl (C=O) groups excluding carboxylic acids is 1. The number of amides is 1. The van der Waals surface area contributed by atoms with Crippen molar-refractivity contribution in [3.8, 4) is 0 Å². The maximum atomic E-state index is 12.0. The van der Waals surface area contributed by atoms with Gasteiger partial charge in [-0.1, -0.05) is 19.3 Å². The predicted molar refractivity (Wildman–Crippen MR) is 88.9 cm³/mol. The van der Waals surface area contributed by atoms with Gasteiger partial charge in [0.15, 0.2) is 0 Å². The lowest BCUT2D eigenvalue weighted by molar-refractivity contribution is -0.122. The Balaban J connectivity index is 1.81. The zero-order valence-corrected chi connectivity index (χ0v) is 14.2. The first-order chi connectivity index (χ1) is 10.7. The first kappa shape index (κ1) is 17.7. The maximum absolute atomic E-state index is 12.0. The van der Waals surface area contributed by atoms with Crippen LogP contribution in [0.4, 0.5) is 0 Å². The number of hydrogen-bond acceptors (Lipinski definition) is 4. The Bertz CT molecular complexity index is 324. The molecule has 0 aromatic rings. The fourth-order valence-electron chi connectivity index (χ4n) is 3.73. The van der Waals surface area contributed by atoms with Crippen molar-refractivity contribution in [2.75, 3.05) is 53.0 Å². The molecule has 0 aromatic carbocycles. The van der Waals surface area contributed by atoms with Gasteiger partial charge >= 0.3 is 0 Å². The minimum absolute atomic E-state index is 0.210. The smallest absolute Gasteiger partial charge is 0.220 e. The summed E-state index contributed by atoms with van der Waals surface area (Å²) >= 11 is 0. The molecule has 2 N–H and O–H groups in total. The third kappa shape index (κ3) is 5.86. The Kier molecular flexibility index (Phi) is 7.63. The molecule has 128 valence electrons. The highest BCUT2D eigenvalue weighted by molar-refractivity contribution is 5.75. The lowest BCUT2D eigenvalue weighted by Crippen LogP contribution is -2.49. The SMILES string of the molecule is CNCCCC(=O)NCC1(CN2CCOCC2)CCCCC1. The summed E-state index contributed by atoms with van der Waals surface area (Å²) in [6.45, 7) is 6.66. The molecule has 22 heavy (non-hydrogen) atoms. The van der Waals surface area contributed by atoms with Gasteiger partial charge in [-0.3, -0.25) is 9.69 Å². The van der Waals surface area contributed by atoms with E-state index in [2.05, 4.69) is 15.5 Å². The number of ether oxygens (including phenoxy) is 1. The van der Waals surface area contributed by atoms with Crippen LogP contribution in [0.25, 0.3) is 0 Å². The van der Waals surface area contributed by atoms with Crippen LogP contribution in [0.5, 0.6) is 0 Å². The molecule has 1 saturated heterocycles. The highest BCUT2D eigenvalue weighted by atomic mass is 16.5. The second-order valence-electron chi connectivity index (χ2n) is 6.93. The zero-order chi connectivity index (χ0) is 15.7. The van der Waals surface area contributed by atoms with Crippen LogP contribution in [-0.4, -0.2) is 63.8 Å². The first-order valence-corrected chi connectivity index (χ1v) is 8.96.